The van der Waals surface area contributed by atoms with Crippen LogP contribution in [0.25, 0.3) is 0 Å². The molecule has 0 fully saturated rings. The molecular formula is C21H22Cl3N3O3. The highest BCUT2D eigenvalue weighted by Crippen LogP contribution is 2.25. The van der Waals surface area contributed by atoms with Gasteiger partial charge in [-0.3, -0.25) is 0 Å². The van der Waals surface area contributed by atoms with Gasteiger partial charge in [0.25, 0.3) is 0 Å². The van der Waals surface area contributed by atoms with Crippen LogP contribution in [0.4, 0.5) is 17.1 Å². The van der Waals surface area contributed by atoms with Gasteiger partial charge in [-0.2, -0.15) is 0 Å². The van der Waals surface area contributed by atoms with E-state index in [9.17, 15) is 4.79 Å². The van der Waals surface area contributed by atoms with E-state index in [2.05, 4.69) is 0 Å². The second-order valence-electron chi connectivity index (χ2n) is 5.95. The Balaban J connectivity index is 0.000000226. The molecule has 7 N–H and O–H groups in total. The number of carboxylic acids is 1. The molecule has 0 amide bonds. The maximum absolute atomic E-state index is 10.4. The standard InChI is InChI=1S/C7H6ClNO2.C7H8ClNO.C7H8ClN/c8-6-3-4(9)1-2-5(6)7(10)11;1-10-7-3-2-5(9)4-6(7)8;1-5-2-3-6(9)4-7(5)8/h1-3H,9H2,(H,10,11);2-4H,9H2,1H3;2-4H,9H2,1H3. The molecule has 3 aromatic carbocycles. The van der Waals surface area contributed by atoms with Crippen LogP contribution < -0.4 is 21.9 Å². The Hall–Kier alpha value is -2.80. The third kappa shape index (κ3) is 8.29. The Labute approximate surface area is 190 Å². The van der Waals surface area contributed by atoms with Crippen molar-refractivity contribution < 1.29 is 14.6 Å². The third-order valence-corrected chi connectivity index (χ3v) is 4.61. The molecule has 160 valence electrons. The lowest BCUT2D eigenvalue weighted by Crippen LogP contribution is -1.97. The molecule has 0 bridgehead atoms. The number of hydrogen-bond donors (Lipinski definition) is 4. The number of benzene rings is 3. The Morgan fingerprint density at radius 1 is 0.800 bits per heavy atom. The lowest BCUT2D eigenvalue weighted by molar-refractivity contribution is 0.0697. The molecule has 3 rings (SSSR count). The van der Waals surface area contributed by atoms with Gasteiger partial charge in [0, 0.05) is 22.1 Å². The molecule has 0 aliphatic heterocycles. The number of halogens is 3. The van der Waals surface area contributed by atoms with Gasteiger partial charge in [0.2, 0.25) is 0 Å². The van der Waals surface area contributed by atoms with E-state index in [1.54, 1.807) is 31.4 Å². The van der Waals surface area contributed by atoms with Crippen LogP contribution >= 0.6 is 34.8 Å². The second-order valence-corrected chi connectivity index (χ2v) is 7.17. The number of nitrogens with two attached hydrogens (primary N) is 3. The van der Waals surface area contributed by atoms with Crippen molar-refractivity contribution in [3.05, 3.63) is 80.8 Å². The molecule has 0 aliphatic carbocycles. The van der Waals surface area contributed by atoms with E-state index in [0.717, 1.165) is 10.6 Å². The van der Waals surface area contributed by atoms with Crippen LogP contribution in [0.3, 0.4) is 0 Å². The van der Waals surface area contributed by atoms with Crippen molar-refractivity contribution in [1.29, 1.82) is 0 Å². The van der Waals surface area contributed by atoms with Crippen LogP contribution in [0.15, 0.2) is 54.6 Å². The summed E-state index contributed by atoms with van der Waals surface area (Å²) in [4.78, 5) is 10.4. The lowest BCUT2D eigenvalue weighted by Gasteiger charge is -2.01. The Kier molecular flexibility index (Phi) is 10.1. The number of aromatic carboxylic acids is 1. The SMILES string of the molecule is COc1ccc(N)cc1Cl.Cc1ccc(N)cc1Cl.Nc1ccc(C(=O)O)c(Cl)c1. The molecule has 0 unspecified atom stereocenters. The number of hydrogen-bond acceptors (Lipinski definition) is 5. The predicted octanol–water partition coefficient (Wildman–Crippen LogP) is 5.78. The van der Waals surface area contributed by atoms with Gasteiger partial charge >= 0.3 is 5.97 Å². The Bertz CT molecular complexity index is 1010. The van der Waals surface area contributed by atoms with Gasteiger partial charge in [-0.15, -0.1) is 0 Å². The first-order valence-electron chi connectivity index (χ1n) is 8.44. The van der Waals surface area contributed by atoms with Gasteiger partial charge < -0.3 is 27.0 Å². The maximum Gasteiger partial charge on any atom is 0.337 e. The molecular weight excluding hydrogens is 449 g/mol. The van der Waals surface area contributed by atoms with Gasteiger partial charge in [-0.25, -0.2) is 4.79 Å². The summed E-state index contributed by atoms with van der Waals surface area (Å²) in [7, 11) is 1.57. The molecule has 6 nitrogen and oxygen atoms in total. The summed E-state index contributed by atoms with van der Waals surface area (Å²) in [5.41, 5.74) is 19.2. The molecule has 0 spiro atoms. The van der Waals surface area contributed by atoms with Gasteiger partial charge in [0.05, 0.1) is 22.7 Å². The Morgan fingerprint density at radius 3 is 1.67 bits per heavy atom. The number of carboxylic acid groups (broad SMARTS) is 1. The van der Waals surface area contributed by atoms with Crippen molar-refractivity contribution in [2.75, 3.05) is 24.3 Å². The number of methoxy groups -OCH3 is 1. The fraction of sp³-hybridized carbons (Fsp3) is 0.0952. The first-order valence-corrected chi connectivity index (χ1v) is 9.57. The molecule has 30 heavy (non-hydrogen) atoms. The molecule has 0 aromatic heterocycles. The van der Waals surface area contributed by atoms with Crippen LogP contribution in [0, 0.1) is 6.92 Å². The number of anilines is 3. The van der Waals surface area contributed by atoms with Crippen molar-refractivity contribution in [2.45, 2.75) is 6.92 Å². The summed E-state index contributed by atoms with van der Waals surface area (Å²) in [5.74, 6) is -0.397. The monoisotopic (exact) mass is 469 g/mol. The molecule has 9 heteroatoms. The molecule has 0 radical (unpaired) electrons. The average molecular weight is 471 g/mol. The van der Waals surface area contributed by atoms with Crippen LogP contribution in [0.2, 0.25) is 15.1 Å². The van der Waals surface area contributed by atoms with E-state index in [4.69, 9.17) is 61.8 Å². The second kappa shape index (κ2) is 12.0. The van der Waals surface area contributed by atoms with E-state index in [-0.39, 0.29) is 10.6 Å². The van der Waals surface area contributed by atoms with Gasteiger partial charge in [0.15, 0.2) is 0 Å². The van der Waals surface area contributed by atoms with Crippen LogP contribution in [0.5, 0.6) is 5.75 Å². The van der Waals surface area contributed by atoms with Crippen molar-refractivity contribution in [1.82, 2.24) is 0 Å². The summed E-state index contributed by atoms with van der Waals surface area (Å²) in [6.45, 7) is 1.95. The minimum atomic E-state index is -1.05. The lowest BCUT2D eigenvalue weighted by atomic mass is 10.2. The predicted molar refractivity (Wildman–Crippen MR) is 126 cm³/mol. The molecule has 0 heterocycles. The fourth-order valence-corrected chi connectivity index (χ4v) is 2.72. The maximum atomic E-state index is 10.4. The van der Waals surface area contributed by atoms with Crippen molar-refractivity contribution in [3.8, 4) is 5.75 Å². The smallest absolute Gasteiger partial charge is 0.337 e. The van der Waals surface area contributed by atoms with Crippen LogP contribution in [-0.4, -0.2) is 18.2 Å². The van der Waals surface area contributed by atoms with Crippen molar-refractivity contribution >= 4 is 57.8 Å². The molecule has 0 saturated carbocycles. The van der Waals surface area contributed by atoms with Crippen molar-refractivity contribution in [2.24, 2.45) is 0 Å². The number of ether oxygens (including phenoxy) is 1. The van der Waals surface area contributed by atoms with E-state index < -0.39 is 5.97 Å². The molecule has 3 aromatic rings. The van der Waals surface area contributed by atoms with Crippen LogP contribution in [0.1, 0.15) is 15.9 Å². The molecule has 0 atom stereocenters. The normalized spacial score (nSPS) is 9.50. The van der Waals surface area contributed by atoms with Crippen molar-refractivity contribution in [3.63, 3.8) is 0 Å². The zero-order valence-electron chi connectivity index (χ0n) is 16.3. The van der Waals surface area contributed by atoms with Gasteiger partial charge in [-0.1, -0.05) is 40.9 Å². The summed E-state index contributed by atoms with van der Waals surface area (Å²) < 4.78 is 4.91. The first kappa shape index (κ1) is 25.2. The summed E-state index contributed by atoms with van der Waals surface area (Å²) in [5, 5.41) is 9.97. The van der Waals surface area contributed by atoms with Gasteiger partial charge in [0.1, 0.15) is 5.75 Å². The zero-order valence-corrected chi connectivity index (χ0v) is 18.6. The summed E-state index contributed by atoms with van der Waals surface area (Å²) in [6.07, 6.45) is 0. The minimum Gasteiger partial charge on any atom is -0.495 e. The average Bonchev–Trinajstić information content (AvgIpc) is 2.66. The van der Waals surface area contributed by atoms with E-state index >= 15 is 0 Å². The largest absolute Gasteiger partial charge is 0.495 e. The quantitative estimate of drug-likeness (QED) is 0.352. The fourth-order valence-electron chi connectivity index (χ4n) is 2.00. The third-order valence-electron chi connectivity index (χ3n) is 3.60. The number of rotatable bonds is 2. The van der Waals surface area contributed by atoms with E-state index in [0.29, 0.717) is 27.8 Å². The molecule has 0 aliphatic rings. The number of nitrogen functional groups attached to an aromatic ring is 3. The minimum absolute atomic E-state index is 0.0702. The van der Waals surface area contributed by atoms with Gasteiger partial charge in [-0.05, 0) is 61.0 Å². The van der Waals surface area contributed by atoms with E-state index in [1.165, 1.54) is 18.2 Å². The highest BCUT2D eigenvalue weighted by Gasteiger charge is 2.07. The molecule has 0 saturated heterocycles. The topological polar surface area (TPSA) is 125 Å². The number of aryl methyl sites for hydroxylation is 1. The van der Waals surface area contributed by atoms with Crippen LogP contribution in [-0.2, 0) is 0 Å². The van der Waals surface area contributed by atoms with E-state index in [1.807, 2.05) is 19.1 Å². The number of carbonyl (C=O) groups is 1. The highest BCUT2D eigenvalue weighted by molar-refractivity contribution is 6.33. The first-order chi connectivity index (χ1) is 14.0. The zero-order chi connectivity index (χ0) is 22.8. The summed E-state index contributed by atoms with van der Waals surface area (Å²) in [6, 6.07) is 14.9. The highest BCUT2D eigenvalue weighted by atomic mass is 35.5. The Morgan fingerprint density at radius 2 is 1.27 bits per heavy atom. The summed E-state index contributed by atoms with van der Waals surface area (Å²) >= 11 is 17.0.